The summed E-state index contributed by atoms with van der Waals surface area (Å²) in [6, 6.07) is 0. The van der Waals surface area contributed by atoms with Crippen molar-refractivity contribution in [3.63, 3.8) is 0 Å². The fourth-order valence-electron chi connectivity index (χ4n) is 0.836. The van der Waals surface area contributed by atoms with Gasteiger partial charge < -0.3 is 0 Å². The van der Waals surface area contributed by atoms with Gasteiger partial charge in [0.2, 0.25) is 0 Å². The van der Waals surface area contributed by atoms with Gasteiger partial charge in [0.1, 0.15) is 0 Å². The summed E-state index contributed by atoms with van der Waals surface area (Å²) in [5, 5.41) is 0. The Hall–Kier alpha value is -0.430. The summed E-state index contributed by atoms with van der Waals surface area (Å²) in [6.45, 7) is 2.13. The van der Waals surface area contributed by atoms with Gasteiger partial charge in [-0.2, -0.15) is 0 Å². The van der Waals surface area contributed by atoms with Crippen LogP contribution in [0.3, 0.4) is 0 Å². The molecule has 0 saturated heterocycles. The molecule has 0 bridgehead atoms. The highest BCUT2D eigenvalue weighted by Gasteiger charge is 2.07. The second-order valence-electron chi connectivity index (χ2n) is 2.07. The molecule has 0 heterocycles. The zero-order valence-electron chi connectivity index (χ0n) is 5.42. The fourth-order valence-corrected chi connectivity index (χ4v) is 1.15. The summed E-state index contributed by atoms with van der Waals surface area (Å²) in [6.07, 6.45) is 10.1. The molecule has 0 aromatic heterocycles. The maximum absolute atomic E-state index is 5.03. The molecule has 1 atom stereocenters. The van der Waals surface area contributed by atoms with E-state index >= 15 is 0 Å². The van der Waals surface area contributed by atoms with Crippen molar-refractivity contribution in [3.05, 3.63) is 24.3 Å². The first-order valence-corrected chi connectivity index (χ1v) is 3.56. The molecule has 1 rings (SSSR count). The van der Waals surface area contributed by atoms with Crippen LogP contribution < -0.4 is 0 Å². The largest absolute Gasteiger partial charge is 0.0836 e. The predicted molar refractivity (Wildman–Crippen MR) is 43.3 cm³/mol. The maximum atomic E-state index is 5.03. The average Bonchev–Trinajstić information content (AvgIpc) is 1.89. The van der Waals surface area contributed by atoms with Crippen LogP contribution in [0.15, 0.2) is 18.2 Å². The number of hydrogen-bond acceptors (Lipinski definition) is 1. The van der Waals surface area contributed by atoms with Crippen LogP contribution in [0.2, 0.25) is 0 Å². The van der Waals surface area contributed by atoms with Gasteiger partial charge in [0.05, 0.1) is 0 Å². The van der Waals surface area contributed by atoms with Gasteiger partial charge in [0.15, 0.2) is 0 Å². The van der Waals surface area contributed by atoms with Crippen LogP contribution in [0, 0.1) is 12.0 Å². The molecule has 1 heteroatoms. The van der Waals surface area contributed by atoms with Crippen molar-refractivity contribution >= 4 is 17.1 Å². The Morgan fingerprint density at radius 1 is 1.78 bits per heavy atom. The standard InChI is InChI=1S/C8H9S/c1-2-7-5-3-4-6-8(7)9/h3-5,7H,2H2,1H3. The first-order valence-electron chi connectivity index (χ1n) is 3.15. The van der Waals surface area contributed by atoms with E-state index in [9.17, 15) is 0 Å². The first-order chi connectivity index (χ1) is 4.34. The van der Waals surface area contributed by atoms with Crippen LogP contribution >= 0.6 is 12.2 Å². The minimum atomic E-state index is 0.463. The van der Waals surface area contributed by atoms with Crippen molar-refractivity contribution in [1.29, 1.82) is 0 Å². The molecule has 0 N–H and O–H groups in total. The normalized spacial score (nSPS) is 25.0. The lowest BCUT2D eigenvalue weighted by Crippen LogP contribution is -2.07. The predicted octanol–water partition coefficient (Wildman–Crippen LogP) is 2.31. The second kappa shape index (κ2) is 2.92. The van der Waals surface area contributed by atoms with Gasteiger partial charge in [-0.3, -0.25) is 0 Å². The highest BCUT2D eigenvalue weighted by atomic mass is 32.1. The van der Waals surface area contributed by atoms with E-state index in [1.54, 1.807) is 0 Å². The van der Waals surface area contributed by atoms with Crippen LogP contribution in [-0.2, 0) is 0 Å². The van der Waals surface area contributed by atoms with E-state index in [1.165, 1.54) is 0 Å². The van der Waals surface area contributed by atoms with E-state index in [4.69, 9.17) is 12.2 Å². The van der Waals surface area contributed by atoms with Crippen LogP contribution in [0.4, 0.5) is 0 Å². The van der Waals surface area contributed by atoms with Gasteiger partial charge in [0, 0.05) is 10.8 Å². The highest BCUT2D eigenvalue weighted by molar-refractivity contribution is 7.80. The van der Waals surface area contributed by atoms with Crippen molar-refractivity contribution in [2.45, 2.75) is 13.3 Å². The number of hydrogen-bond donors (Lipinski definition) is 0. The van der Waals surface area contributed by atoms with E-state index in [1.807, 2.05) is 12.2 Å². The van der Waals surface area contributed by atoms with Crippen LogP contribution in [0.25, 0.3) is 0 Å². The average molecular weight is 137 g/mol. The molecule has 1 radical (unpaired) electrons. The molecular weight excluding hydrogens is 128 g/mol. The lowest BCUT2D eigenvalue weighted by molar-refractivity contribution is 0.825. The van der Waals surface area contributed by atoms with E-state index in [-0.39, 0.29) is 0 Å². The van der Waals surface area contributed by atoms with Crippen molar-refractivity contribution in [2.24, 2.45) is 5.92 Å². The maximum Gasteiger partial charge on any atom is 0.0299 e. The number of rotatable bonds is 1. The Morgan fingerprint density at radius 3 is 3.00 bits per heavy atom. The Balaban J connectivity index is 2.66. The SMILES string of the molecule is CCC1C=CC=[C]C1=S. The van der Waals surface area contributed by atoms with Crippen molar-refractivity contribution in [3.8, 4) is 0 Å². The molecule has 0 amide bonds. The lowest BCUT2D eigenvalue weighted by Gasteiger charge is -2.09. The molecule has 0 aliphatic heterocycles. The third-order valence-corrected chi connectivity index (χ3v) is 1.86. The van der Waals surface area contributed by atoms with Gasteiger partial charge in [-0.15, -0.1) is 0 Å². The first kappa shape index (κ1) is 6.69. The molecule has 1 aliphatic carbocycles. The number of allylic oxidation sites excluding steroid dienone is 4. The topological polar surface area (TPSA) is 0 Å². The number of thiocarbonyl (C=S) groups is 1. The molecule has 47 valence electrons. The summed E-state index contributed by atoms with van der Waals surface area (Å²) in [4.78, 5) is 0.944. The van der Waals surface area contributed by atoms with Gasteiger partial charge in [-0.05, 0) is 12.5 Å². The quantitative estimate of drug-likeness (QED) is 0.500. The van der Waals surface area contributed by atoms with Crippen molar-refractivity contribution < 1.29 is 0 Å². The van der Waals surface area contributed by atoms with Gasteiger partial charge in [-0.1, -0.05) is 37.4 Å². The van der Waals surface area contributed by atoms with Crippen LogP contribution in [0.1, 0.15) is 13.3 Å². The molecule has 0 spiro atoms. The van der Waals surface area contributed by atoms with Crippen molar-refractivity contribution in [2.75, 3.05) is 0 Å². The zero-order valence-corrected chi connectivity index (χ0v) is 6.24. The minimum absolute atomic E-state index is 0.463. The van der Waals surface area contributed by atoms with Gasteiger partial charge in [-0.25, -0.2) is 0 Å². The van der Waals surface area contributed by atoms with E-state index in [0.717, 1.165) is 11.3 Å². The Kier molecular flexibility index (Phi) is 2.17. The Morgan fingerprint density at radius 2 is 2.56 bits per heavy atom. The summed E-state index contributed by atoms with van der Waals surface area (Å²) in [5.41, 5.74) is 0. The second-order valence-corrected chi connectivity index (χ2v) is 2.51. The van der Waals surface area contributed by atoms with Crippen LogP contribution in [-0.4, -0.2) is 4.86 Å². The zero-order chi connectivity index (χ0) is 6.69. The smallest absolute Gasteiger partial charge is 0.0299 e. The molecule has 0 saturated carbocycles. The summed E-state index contributed by atoms with van der Waals surface area (Å²) < 4.78 is 0. The summed E-state index contributed by atoms with van der Waals surface area (Å²) in [5.74, 6) is 0.463. The van der Waals surface area contributed by atoms with Crippen molar-refractivity contribution in [1.82, 2.24) is 0 Å². The Bertz CT molecular complexity index is 165. The molecule has 0 aromatic rings. The molecule has 9 heavy (non-hydrogen) atoms. The molecular formula is C8H9S. The van der Waals surface area contributed by atoms with E-state index < -0.39 is 0 Å². The third kappa shape index (κ3) is 1.49. The minimum Gasteiger partial charge on any atom is -0.0836 e. The van der Waals surface area contributed by atoms with E-state index in [0.29, 0.717) is 5.92 Å². The highest BCUT2D eigenvalue weighted by Crippen LogP contribution is 2.11. The third-order valence-electron chi connectivity index (χ3n) is 1.44. The Labute approximate surface area is 61.3 Å². The van der Waals surface area contributed by atoms with Crippen LogP contribution in [0.5, 0.6) is 0 Å². The lowest BCUT2D eigenvalue weighted by atomic mass is 9.98. The van der Waals surface area contributed by atoms with Gasteiger partial charge >= 0.3 is 0 Å². The van der Waals surface area contributed by atoms with E-state index in [2.05, 4.69) is 19.1 Å². The molecule has 0 aromatic carbocycles. The molecule has 1 unspecified atom stereocenters. The summed E-state index contributed by atoms with van der Waals surface area (Å²) >= 11 is 5.03. The van der Waals surface area contributed by atoms with Gasteiger partial charge in [0.25, 0.3) is 0 Å². The molecule has 0 fully saturated rings. The molecule has 1 aliphatic rings. The monoisotopic (exact) mass is 137 g/mol. The molecule has 0 nitrogen and oxygen atoms in total. The fraction of sp³-hybridized carbons (Fsp3) is 0.375. The summed E-state index contributed by atoms with van der Waals surface area (Å²) in [7, 11) is 0.